The van der Waals surface area contributed by atoms with Gasteiger partial charge in [0, 0.05) is 0 Å². The third-order valence-corrected chi connectivity index (χ3v) is 2.44. The highest BCUT2D eigenvalue weighted by molar-refractivity contribution is 5.74. The number of carbonyl (C=O) groups excluding carboxylic acids is 1. The molecule has 120 valence electrons. The Morgan fingerprint density at radius 1 is 1.36 bits per heavy atom. The summed E-state index contributed by atoms with van der Waals surface area (Å²) in [6, 6.07) is 2.97. The molecule has 0 aliphatic heterocycles. The predicted molar refractivity (Wildman–Crippen MR) is 63.1 cm³/mol. The first kappa shape index (κ1) is 17.7. The van der Waals surface area contributed by atoms with Crippen LogP contribution in [0.2, 0.25) is 0 Å². The summed E-state index contributed by atoms with van der Waals surface area (Å²) in [5, 5.41) is 8.76. The van der Waals surface area contributed by atoms with Gasteiger partial charge in [-0.15, -0.1) is 13.2 Å². The van der Waals surface area contributed by atoms with Crippen molar-refractivity contribution in [1.82, 2.24) is 0 Å². The molecule has 0 aliphatic rings. The molecule has 0 atom stereocenters. The molecule has 0 saturated heterocycles. The van der Waals surface area contributed by atoms with E-state index in [0.717, 1.165) is 6.07 Å². The first-order valence-electron chi connectivity index (χ1n) is 5.94. The zero-order chi connectivity index (χ0) is 16.9. The summed E-state index contributed by atoms with van der Waals surface area (Å²) in [6.07, 6.45) is -9.23. The Labute approximate surface area is 122 Å². The third-order valence-electron chi connectivity index (χ3n) is 2.44. The van der Waals surface area contributed by atoms with Crippen molar-refractivity contribution in [3.8, 4) is 11.8 Å². The highest BCUT2D eigenvalue weighted by atomic mass is 19.4. The minimum absolute atomic E-state index is 0.0211. The van der Waals surface area contributed by atoms with E-state index in [1.165, 1.54) is 13.0 Å². The summed E-state index contributed by atoms with van der Waals surface area (Å²) >= 11 is 0. The molecule has 0 N–H and O–H groups in total. The summed E-state index contributed by atoms with van der Waals surface area (Å²) in [5.74, 6) is -2.11. The van der Waals surface area contributed by atoms with Crippen LogP contribution in [0.25, 0.3) is 0 Å². The van der Waals surface area contributed by atoms with E-state index in [9.17, 15) is 26.7 Å². The number of carbonyl (C=O) groups is 1. The number of rotatable bonds is 5. The number of alkyl halides is 5. The van der Waals surface area contributed by atoms with Gasteiger partial charge in [0.05, 0.1) is 30.2 Å². The van der Waals surface area contributed by atoms with Crippen LogP contribution >= 0.6 is 0 Å². The van der Waals surface area contributed by atoms with E-state index in [0.29, 0.717) is 6.07 Å². The second-order valence-electron chi connectivity index (χ2n) is 3.99. The fraction of sp³-hybridized carbons (Fsp3) is 0.385. The van der Waals surface area contributed by atoms with Crippen molar-refractivity contribution in [3.05, 3.63) is 28.8 Å². The maximum absolute atomic E-state index is 13.1. The molecule has 0 amide bonds. The smallest absolute Gasteiger partial charge is 0.466 e. The number of nitriles is 1. The van der Waals surface area contributed by atoms with Gasteiger partial charge in [-0.25, -0.2) is 8.78 Å². The maximum atomic E-state index is 13.1. The first-order chi connectivity index (χ1) is 10.2. The topological polar surface area (TPSA) is 59.3 Å². The molecule has 4 nitrogen and oxygen atoms in total. The molecule has 0 aliphatic carbocycles. The number of nitrogens with zero attached hydrogens (tertiary/aromatic N) is 1. The number of hydrogen-bond donors (Lipinski definition) is 0. The van der Waals surface area contributed by atoms with Crippen LogP contribution in [-0.2, 0) is 16.0 Å². The van der Waals surface area contributed by atoms with Gasteiger partial charge in [0.2, 0.25) is 0 Å². The monoisotopic (exact) mass is 323 g/mol. The Kier molecular flexibility index (Phi) is 5.68. The highest BCUT2D eigenvalue weighted by Crippen LogP contribution is 2.36. The normalized spacial score (nSPS) is 11.2. The zero-order valence-electron chi connectivity index (χ0n) is 11.2. The molecule has 9 heteroatoms. The zero-order valence-corrected chi connectivity index (χ0v) is 11.2. The molecule has 22 heavy (non-hydrogen) atoms. The van der Waals surface area contributed by atoms with Gasteiger partial charge in [0.25, 0.3) is 6.43 Å². The van der Waals surface area contributed by atoms with Gasteiger partial charge in [-0.2, -0.15) is 5.26 Å². The molecule has 0 spiro atoms. The fourth-order valence-electron chi connectivity index (χ4n) is 1.72. The Hall–Kier alpha value is -2.37. The lowest BCUT2D eigenvalue weighted by Gasteiger charge is -2.16. The Morgan fingerprint density at radius 3 is 2.45 bits per heavy atom. The Bertz CT molecular complexity index is 593. The van der Waals surface area contributed by atoms with E-state index >= 15 is 0 Å². The molecular formula is C13H10F5NO3. The number of esters is 1. The summed E-state index contributed by atoms with van der Waals surface area (Å²) in [5.41, 5.74) is -1.89. The molecule has 1 rings (SSSR count). The lowest BCUT2D eigenvalue weighted by atomic mass is 10.0. The average molecular weight is 323 g/mol. The van der Waals surface area contributed by atoms with Crippen LogP contribution in [0.4, 0.5) is 22.0 Å². The summed E-state index contributed by atoms with van der Waals surface area (Å²) in [4.78, 5) is 11.4. The van der Waals surface area contributed by atoms with Crippen LogP contribution in [-0.4, -0.2) is 18.9 Å². The molecule has 0 fully saturated rings. The lowest BCUT2D eigenvalue weighted by Crippen LogP contribution is -2.19. The van der Waals surface area contributed by atoms with Crippen LogP contribution in [0, 0.1) is 11.3 Å². The fourth-order valence-corrected chi connectivity index (χ4v) is 1.72. The molecule has 0 unspecified atom stereocenters. The van der Waals surface area contributed by atoms with E-state index < -0.39 is 42.1 Å². The standard InChI is InChI=1S/C13H10F5NO3/c1-2-21-10(20)5-8-3-7(6-19)4-9(11(8)12(14)15)22-13(16,17)18/h3-4,12H,2,5H2,1H3. The highest BCUT2D eigenvalue weighted by Gasteiger charge is 2.34. The van der Waals surface area contributed by atoms with Gasteiger partial charge < -0.3 is 9.47 Å². The first-order valence-corrected chi connectivity index (χ1v) is 5.94. The molecule has 0 radical (unpaired) electrons. The minimum Gasteiger partial charge on any atom is -0.466 e. The predicted octanol–water partition coefficient (Wildman–Crippen LogP) is 3.50. The number of benzene rings is 1. The molecule has 0 bridgehead atoms. The summed E-state index contributed by atoms with van der Waals surface area (Å²) in [7, 11) is 0. The van der Waals surface area contributed by atoms with Crippen LogP contribution in [0.3, 0.4) is 0 Å². The van der Waals surface area contributed by atoms with Crippen LogP contribution in [0.1, 0.15) is 30.0 Å². The molecule has 0 saturated carbocycles. The van der Waals surface area contributed by atoms with Crippen molar-refractivity contribution >= 4 is 5.97 Å². The molecule has 1 aromatic carbocycles. The van der Waals surface area contributed by atoms with Crippen molar-refractivity contribution in [2.75, 3.05) is 6.61 Å². The molecule has 1 aromatic rings. The van der Waals surface area contributed by atoms with Gasteiger partial charge in [0.1, 0.15) is 5.75 Å². The maximum Gasteiger partial charge on any atom is 0.573 e. The Morgan fingerprint density at radius 2 is 2.00 bits per heavy atom. The Balaban J connectivity index is 3.37. The van der Waals surface area contributed by atoms with E-state index in [-0.39, 0.29) is 12.2 Å². The number of halogens is 5. The second kappa shape index (κ2) is 7.06. The quantitative estimate of drug-likeness (QED) is 0.615. The van der Waals surface area contributed by atoms with Crippen molar-refractivity contribution in [3.63, 3.8) is 0 Å². The van der Waals surface area contributed by atoms with Crippen molar-refractivity contribution in [1.29, 1.82) is 5.26 Å². The molecule has 0 heterocycles. The largest absolute Gasteiger partial charge is 0.573 e. The third kappa shape index (κ3) is 4.87. The minimum atomic E-state index is -5.21. The van der Waals surface area contributed by atoms with E-state index in [1.54, 1.807) is 0 Å². The van der Waals surface area contributed by atoms with Gasteiger partial charge in [-0.3, -0.25) is 4.79 Å². The summed E-state index contributed by atoms with van der Waals surface area (Å²) < 4.78 is 71.1. The molecular weight excluding hydrogens is 313 g/mol. The van der Waals surface area contributed by atoms with Gasteiger partial charge >= 0.3 is 12.3 Å². The SMILES string of the molecule is CCOC(=O)Cc1cc(C#N)cc(OC(F)(F)F)c1C(F)F. The van der Waals surface area contributed by atoms with Gasteiger partial charge in [0.15, 0.2) is 0 Å². The van der Waals surface area contributed by atoms with Crippen molar-refractivity contribution in [2.45, 2.75) is 26.1 Å². The van der Waals surface area contributed by atoms with Crippen molar-refractivity contribution < 1.29 is 36.2 Å². The van der Waals surface area contributed by atoms with E-state index in [2.05, 4.69) is 9.47 Å². The van der Waals surface area contributed by atoms with Gasteiger partial charge in [-0.05, 0) is 24.6 Å². The second-order valence-corrected chi connectivity index (χ2v) is 3.99. The summed E-state index contributed by atoms with van der Waals surface area (Å²) in [6.45, 7) is 1.46. The average Bonchev–Trinajstić information content (AvgIpc) is 2.35. The van der Waals surface area contributed by atoms with Crippen LogP contribution in [0.15, 0.2) is 12.1 Å². The number of ether oxygens (including phenoxy) is 2. The lowest BCUT2D eigenvalue weighted by molar-refractivity contribution is -0.275. The van der Waals surface area contributed by atoms with E-state index in [4.69, 9.17) is 5.26 Å². The van der Waals surface area contributed by atoms with Crippen molar-refractivity contribution in [2.24, 2.45) is 0 Å². The van der Waals surface area contributed by atoms with E-state index in [1.807, 2.05) is 0 Å². The van der Waals surface area contributed by atoms with Crippen LogP contribution < -0.4 is 4.74 Å². The van der Waals surface area contributed by atoms with Crippen LogP contribution in [0.5, 0.6) is 5.75 Å². The molecule has 0 aromatic heterocycles. The number of hydrogen-bond acceptors (Lipinski definition) is 4. The van der Waals surface area contributed by atoms with Gasteiger partial charge in [-0.1, -0.05) is 0 Å².